The van der Waals surface area contributed by atoms with Gasteiger partial charge in [0.15, 0.2) is 5.01 Å². The molecule has 1 aromatic carbocycles. The Bertz CT molecular complexity index is 795. The number of alkyl halides is 3. The standard InChI is InChI=1S/C10H5F3N4O2S/c11-10(12,13)8-14-15-9-17(8)16-7(20-9)5-2-1-4(18)3-6(5)19/h1-3,18-19H. The van der Waals surface area contributed by atoms with Crippen molar-refractivity contribution in [2.24, 2.45) is 0 Å². The molecule has 0 fully saturated rings. The zero-order valence-electron chi connectivity index (χ0n) is 9.46. The molecule has 0 atom stereocenters. The molecule has 3 aromatic rings. The van der Waals surface area contributed by atoms with Gasteiger partial charge in [0.25, 0.3) is 5.82 Å². The Morgan fingerprint density at radius 1 is 1.15 bits per heavy atom. The van der Waals surface area contributed by atoms with E-state index in [9.17, 15) is 23.4 Å². The Kier molecular flexibility index (Phi) is 2.57. The van der Waals surface area contributed by atoms with Crippen molar-refractivity contribution in [3.05, 3.63) is 24.0 Å². The van der Waals surface area contributed by atoms with E-state index in [-0.39, 0.29) is 27.0 Å². The molecule has 2 aromatic heterocycles. The Labute approximate surface area is 112 Å². The van der Waals surface area contributed by atoms with Gasteiger partial charge in [-0.25, -0.2) is 0 Å². The number of hydrogen-bond acceptors (Lipinski definition) is 6. The first kappa shape index (κ1) is 12.7. The molecule has 0 spiro atoms. The summed E-state index contributed by atoms with van der Waals surface area (Å²) in [5, 5.41) is 29.2. The van der Waals surface area contributed by atoms with Crippen LogP contribution in [0.5, 0.6) is 11.5 Å². The van der Waals surface area contributed by atoms with Crippen molar-refractivity contribution in [2.75, 3.05) is 0 Å². The van der Waals surface area contributed by atoms with E-state index in [1.807, 2.05) is 0 Å². The summed E-state index contributed by atoms with van der Waals surface area (Å²) in [6, 6.07) is 3.72. The molecular weight excluding hydrogens is 297 g/mol. The number of fused-ring (bicyclic) bond motifs is 1. The lowest BCUT2D eigenvalue weighted by Gasteiger charge is -2.01. The highest BCUT2D eigenvalue weighted by atomic mass is 32.1. The van der Waals surface area contributed by atoms with E-state index in [0.29, 0.717) is 4.52 Å². The number of hydrogen-bond donors (Lipinski definition) is 2. The molecule has 0 radical (unpaired) electrons. The van der Waals surface area contributed by atoms with Gasteiger partial charge in [0.2, 0.25) is 4.96 Å². The molecule has 2 N–H and O–H groups in total. The van der Waals surface area contributed by atoms with Crippen molar-refractivity contribution in [1.82, 2.24) is 19.8 Å². The van der Waals surface area contributed by atoms with E-state index in [2.05, 4.69) is 15.3 Å². The van der Waals surface area contributed by atoms with Gasteiger partial charge < -0.3 is 10.2 Å². The third-order valence-corrected chi connectivity index (χ3v) is 3.39. The minimum atomic E-state index is -4.66. The molecule has 0 saturated carbocycles. The second kappa shape index (κ2) is 4.07. The fraction of sp³-hybridized carbons (Fsp3) is 0.100. The maximum Gasteiger partial charge on any atom is 0.453 e. The van der Waals surface area contributed by atoms with Crippen molar-refractivity contribution in [2.45, 2.75) is 6.18 Å². The van der Waals surface area contributed by atoms with E-state index in [1.165, 1.54) is 12.1 Å². The van der Waals surface area contributed by atoms with Crippen LogP contribution in [0.4, 0.5) is 13.2 Å². The first-order valence-electron chi connectivity index (χ1n) is 5.18. The molecule has 0 aliphatic heterocycles. The second-order valence-corrected chi connectivity index (χ2v) is 4.78. The number of aromatic nitrogens is 4. The average Bonchev–Trinajstić information content (AvgIpc) is 2.86. The van der Waals surface area contributed by atoms with Gasteiger partial charge in [-0.2, -0.15) is 22.8 Å². The summed E-state index contributed by atoms with van der Waals surface area (Å²) in [5.41, 5.74) is 0.200. The highest BCUT2D eigenvalue weighted by molar-refractivity contribution is 7.19. The van der Waals surface area contributed by atoms with Crippen molar-refractivity contribution in [3.63, 3.8) is 0 Å². The molecule has 104 valence electrons. The highest BCUT2D eigenvalue weighted by Gasteiger charge is 2.38. The maximum atomic E-state index is 12.7. The van der Waals surface area contributed by atoms with Gasteiger partial charge in [-0.1, -0.05) is 11.3 Å². The van der Waals surface area contributed by atoms with Crippen LogP contribution in [0.3, 0.4) is 0 Å². The summed E-state index contributed by atoms with van der Waals surface area (Å²) in [7, 11) is 0. The summed E-state index contributed by atoms with van der Waals surface area (Å²) < 4.78 is 38.5. The van der Waals surface area contributed by atoms with Gasteiger partial charge in [-0.3, -0.25) is 0 Å². The first-order valence-corrected chi connectivity index (χ1v) is 5.99. The fourth-order valence-corrected chi connectivity index (χ4v) is 2.48. The fourth-order valence-electron chi connectivity index (χ4n) is 1.60. The summed E-state index contributed by atoms with van der Waals surface area (Å²) in [6.07, 6.45) is -4.66. The molecule has 0 aliphatic rings. The van der Waals surface area contributed by atoms with Gasteiger partial charge in [-0.15, -0.1) is 10.2 Å². The van der Waals surface area contributed by atoms with Crippen LogP contribution < -0.4 is 0 Å². The minimum absolute atomic E-state index is 0.0419. The lowest BCUT2D eigenvalue weighted by Crippen LogP contribution is -2.11. The van der Waals surface area contributed by atoms with Crippen LogP contribution in [0.2, 0.25) is 0 Å². The quantitative estimate of drug-likeness (QED) is 0.720. The Morgan fingerprint density at radius 3 is 2.55 bits per heavy atom. The number of nitrogens with zero attached hydrogens (tertiary/aromatic N) is 4. The molecule has 20 heavy (non-hydrogen) atoms. The van der Waals surface area contributed by atoms with Gasteiger partial charge in [0.05, 0.1) is 5.56 Å². The predicted molar refractivity (Wildman–Crippen MR) is 62.4 cm³/mol. The van der Waals surface area contributed by atoms with E-state index in [4.69, 9.17) is 0 Å². The van der Waals surface area contributed by atoms with Crippen LogP contribution in [0.1, 0.15) is 5.82 Å². The number of phenols is 2. The van der Waals surface area contributed by atoms with E-state index in [0.717, 1.165) is 17.4 Å². The number of halogens is 3. The molecule has 10 heteroatoms. The maximum absolute atomic E-state index is 12.7. The van der Waals surface area contributed by atoms with Crippen LogP contribution >= 0.6 is 11.3 Å². The van der Waals surface area contributed by atoms with Gasteiger partial charge in [-0.05, 0) is 12.1 Å². The summed E-state index contributed by atoms with van der Waals surface area (Å²) in [4.78, 5) is -0.0419. The molecule has 0 unspecified atom stereocenters. The Morgan fingerprint density at radius 2 is 1.90 bits per heavy atom. The summed E-state index contributed by atoms with van der Waals surface area (Å²) in [5.74, 6) is -1.68. The highest BCUT2D eigenvalue weighted by Crippen LogP contribution is 2.36. The normalized spacial score (nSPS) is 12.2. The number of benzene rings is 1. The first-order chi connectivity index (χ1) is 9.36. The van der Waals surface area contributed by atoms with E-state index >= 15 is 0 Å². The van der Waals surface area contributed by atoms with Gasteiger partial charge in [0, 0.05) is 6.07 Å². The largest absolute Gasteiger partial charge is 0.508 e. The Hall–Kier alpha value is -2.36. The van der Waals surface area contributed by atoms with Crippen molar-refractivity contribution < 1.29 is 23.4 Å². The van der Waals surface area contributed by atoms with E-state index < -0.39 is 12.0 Å². The molecule has 0 amide bonds. The predicted octanol–water partition coefficient (Wildman–Crippen LogP) is 2.28. The lowest BCUT2D eigenvalue weighted by molar-refractivity contribution is -0.146. The molecule has 2 heterocycles. The van der Waals surface area contributed by atoms with Crippen molar-refractivity contribution >= 4 is 16.3 Å². The topological polar surface area (TPSA) is 83.5 Å². The molecule has 0 aliphatic carbocycles. The zero-order valence-corrected chi connectivity index (χ0v) is 10.3. The van der Waals surface area contributed by atoms with Crippen LogP contribution in [0.15, 0.2) is 18.2 Å². The summed E-state index contributed by atoms with van der Waals surface area (Å²) >= 11 is 0.844. The molecule has 6 nitrogen and oxygen atoms in total. The van der Waals surface area contributed by atoms with Gasteiger partial charge in [0.1, 0.15) is 11.5 Å². The molecular formula is C10H5F3N4O2S. The lowest BCUT2D eigenvalue weighted by atomic mass is 10.2. The van der Waals surface area contributed by atoms with Crippen LogP contribution in [0, 0.1) is 0 Å². The van der Waals surface area contributed by atoms with Crippen LogP contribution in [-0.4, -0.2) is 30.0 Å². The second-order valence-electron chi connectivity index (χ2n) is 3.82. The van der Waals surface area contributed by atoms with Crippen LogP contribution in [0.25, 0.3) is 15.5 Å². The van der Waals surface area contributed by atoms with Crippen molar-refractivity contribution in [3.8, 4) is 22.1 Å². The number of aromatic hydroxyl groups is 2. The van der Waals surface area contributed by atoms with Crippen LogP contribution in [-0.2, 0) is 6.18 Å². The third-order valence-electron chi connectivity index (χ3n) is 2.46. The minimum Gasteiger partial charge on any atom is -0.508 e. The molecule has 0 bridgehead atoms. The van der Waals surface area contributed by atoms with Crippen molar-refractivity contribution in [1.29, 1.82) is 0 Å². The number of rotatable bonds is 1. The molecule has 3 rings (SSSR count). The third kappa shape index (κ3) is 1.93. The van der Waals surface area contributed by atoms with E-state index in [1.54, 1.807) is 0 Å². The number of phenolic OH excluding ortho intramolecular Hbond substituents is 2. The summed E-state index contributed by atoms with van der Waals surface area (Å²) in [6.45, 7) is 0. The SMILES string of the molecule is Oc1ccc(-c2nn3c(C(F)(F)F)nnc3s2)c(O)c1. The molecule has 0 saturated heterocycles. The average molecular weight is 302 g/mol. The smallest absolute Gasteiger partial charge is 0.453 e. The van der Waals surface area contributed by atoms with Gasteiger partial charge >= 0.3 is 6.18 Å². The zero-order chi connectivity index (χ0) is 14.5. The Balaban J connectivity index is 2.16. The monoisotopic (exact) mass is 302 g/mol.